The fraction of sp³-hybridized carbons (Fsp3) is 0.148. The third kappa shape index (κ3) is 5.82. The SMILES string of the molecule is CC(OC(=O)c1nn(Cc2ccccc2)c(=O)c2ccccc12)C(=O)NC(=O)NCc1ccccc1. The van der Waals surface area contributed by atoms with Crippen LogP contribution in [0.3, 0.4) is 0 Å². The first-order valence-corrected chi connectivity index (χ1v) is 11.3. The van der Waals surface area contributed by atoms with Gasteiger partial charge < -0.3 is 10.1 Å². The Morgan fingerprint density at radius 1 is 0.861 bits per heavy atom. The van der Waals surface area contributed by atoms with E-state index in [1.807, 2.05) is 60.7 Å². The molecule has 0 radical (unpaired) electrons. The predicted octanol–water partition coefficient (Wildman–Crippen LogP) is 3.02. The lowest BCUT2D eigenvalue weighted by atomic mass is 10.1. The molecule has 1 heterocycles. The Bertz CT molecular complexity index is 1450. The number of amides is 3. The number of aromatic nitrogens is 2. The summed E-state index contributed by atoms with van der Waals surface area (Å²) in [5.41, 5.74) is 1.24. The summed E-state index contributed by atoms with van der Waals surface area (Å²) in [6, 6.07) is 24.3. The summed E-state index contributed by atoms with van der Waals surface area (Å²) in [5.74, 6) is -1.68. The molecule has 36 heavy (non-hydrogen) atoms. The van der Waals surface area contributed by atoms with Crippen molar-refractivity contribution in [2.75, 3.05) is 0 Å². The van der Waals surface area contributed by atoms with Crippen molar-refractivity contribution in [1.29, 1.82) is 0 Å². The minimum absolute atomic E-state index is 0.102. The summed E-state index contributed by atoms with van der Waals surface area (Å²) >= 11 is 0. The lowest BCUT2D eigenvalue weighted by molar-refractivity contribution is -0.127. The summed E-state index contributed by atoms with van der Waals surface area (Å²) in [6.07, 6.45) is -1.28. The van der Waals surface area contributed by atoms with E-state index in [0.717, 1.165) is 11.1 Å². The number of fused-ring (bicyclic) bond motifs is 1. The Labute approximate surface area is 206 Å². The average molecular weight is 485 g/mol. The number of ether oxygens (including phenoxy) is 1. The molecule has 0 bridgehead atoms. The Hall–Kier alpha value is -4.79. The van der Waals surface area contributed by atoms with Gasteiger partial charge in [-0.2, -0.15) is 5.10 Å². The molecule has 0 aliphatic carbocycles. The van der Waals surface area contributed by atoms with Gasteiger partial charge in [0.2, 0.25) is 0 Å². The molecule has 4 rings (SSSR count). The van der Waals surface area contributed by atoms with Gasteiger partial charge in [0, 0.05) is 11.9 Å². The van der Waals surface area contributed by atoms with Crippen molar-refractivity contribution in [2.24, 2.45) is 0 Å². The number of nitrogens with one attached hydrogen (secondary N) is 2. The van der Waals surface area contributed by atoms with Gasteiger partial charge in [0.1, 0.15) is 0 Å². The van der Waals surface area contributed by atoms with Gasteiger partial charge in [0.15, 0.2) is 11.8 Å². The molecule has 1 aromatic heterocycles. The van der Waals surface area contributed by atoms with E-state index in [1.54, 1.807) is 24.3 Å². The second-order valence-electron chi connectivity index (χ2n) is 8.05. The molecule has 0 saturated heterocycles. The van der Waals surface area contributed by atoms with E-state index >= 15 is 0 Å². The van der Waals surface area contributed by atoms with Crippen molar-refractivity contribution >= 4 is 28.7 Å². The van der Waals surface area contributed by atoms with E-state index in [0.29, 0.717) is 10.8 Å². The third-order valence-electron chi connectivity index (χ3n) is 5.42. The molecule has 3 amide bonds. The molecule has 9 heteroatoms. The summed E-state index contributed by atoms with van der Waals surface area (Å²) in [6.45, 7) is 1.73. The number of benzene rings is 3. The number of rotatable bonds is 7. The maximum atomic E-state index is 13.0. The lowest BCUT2D eigenvalue weighted by Gasteiger charge is -2.15. The molecule has 4 aromatic rings. The van der Waals surface area contributed by atoms with E-state index in [9.17, 15) is 19.2 Å². The normalized spacial score (nSPS) is 11.5. The van der Waals surface area contributed by atoms with Crippen LogP contribution >= 0.6 is 0 Å². The summed E-state index contributed by atoms with van der Waals surface area (Å²) in [7, 11) is 0. The zero-order valence-corrected chi connectivity index (χ0v) is 19.5. The van der Waals surface area contributed by atoms with E-state index in [1.165, 1.54) is 11.6 Å². The Morgan fingerprint density at radius 2 is 1.44 bits per heavy atom. The van der Waals surface area contributed by atoms with Gasteiger partial charge in [-0.25, -0.2) is 14.3 Å². The van der Waals surface area contributed by atoms with Gasteiger partial charge in [-0.3, -0.25) is 14.9 Å². The Morgan fingerprint density at radius 3 is 2.11 bits per heavy atom. The van der Waals surface area contributed by atoms with Gasteiger partial charge in [-0.1, -0.05) is 78.9 Å². The molecule has 2 N–H and O–H groups in total. The summed E-state index contributed by atoms with van der Waals surface area (Å²) in [5, 5.41) is 9.58. The smallest absolute Gasteiger partial charge is 0.360 e. The highest BCUT2D eigenvalue weighted by Gasteiger charge is 2.24. The predicted molar refractivity (Wildman–Crippen MR) is 133 cm³/mol. The van der Waals surface area contributed by atoms with Gasteiger partial charge in [-0.05, 0) is 24.1 Å². The maximum absolute atomic E-state index is 13.0. The van der Waals surface area contributed by atoms with E-state index in [2.05, 4.69) is 15.7 Å². The standard InChI is InChI=1S/C27H24N4O5/c1-18(24(32)29-27(35)28-16-19-10-4-2-5-11-19)36-26(34)23-21-14-8-9-15-22(21)25(33)31(30-23)17-20-12-6-3-7-13-20/h2-15,18H,16-17H2,1H3,(H2,28,29,32,35). The van der Waals surface area contributed by atoms with Gasteiger partial charge >= 0.3 is 12.0 Å². The van der Waals surface area contributed by atoms with Gasteiger partial charge in [-0.15, -0.1) is 0 Å². The van der Waals surface area contributed by atoms with Crippen molar-refractivity contribution in [3.05, 3.63) is 112 Å². The Kier molecular flexibility index (Phi) is 7.50. The molecular formula is C27H24N4O5. The number of carbonyl (C=O) groups excluding carboxylic acids is 3. The number of urea groups is 1. The third-order valence-corrected chi connectivity index (χ3v) is 5.42. The minimum Gasteiger partial charge on any atom is -0.448 e. The highest BCUT2D eigenvalue weighted by Crippen LogP contribution is 2.15. The fourth-order valence-corrected chi connectivity index (χ4v) is 3.56. The molecule has 1 atom stereocenters. The van der Waals surface area contributed by atoms with Crippen LogP contribution in [0, 0.1) is 0 Å². The molecule has 0 spiro atoms. The number of nitrogens with zero attached hydrogens (tertiary/aromatic N) is 2. The van der Waals surface area contributed by atoms with Crippen LogP contribution in [-0.4, -0.2) is 33.8 Å². The van der Waals surface area contributed by atoms with Crippen molar-refractivity contribution in [3.63, 3.8) is 0 Å². The molecule has 0 aliphatic rings. The fourth-order valence-electron chi connectivity index (χ4n) is 3.56. The molecule has 0 saturated carbocycles. The molecule has 0 aliphatic heterocycles. The van der Waals surface area contributed by atoms with Crippen LogP contribution in [0.1, 0.15) is 28.5 Å². The van der Waals surface area contributed by atoms with Gasteiger partial charge in [0.25, 0.3) is 11.5 Å². The molecule has 9 nitrogen and oxygen atoms in total. The Balaban J connectivity index is 1.47. The summed E-state index contributed by atoms with van der Waals surface area (Å²) in [4.78, 5) is 50.5. The number of hydrogen-bond donors (Lipinski definition) is 2. The van der Waals surface area contributed by atoms with E-state index < -0.39 is 24.0 Å². The quantitative estimate of drug-likeness (QED) is 0.389. The summed E-state index contributed by atoms with van der Waals surface area (Å²) < 4.78 is 6.50. The highest BCUT2D eigenvalue weighted by atomic mass is 16.5. The van der Waals surface area contributed by atoms with Crippen LogP contribution in [0.4, 0.5) is 4.79 Å². The topological polar surface area (TPSA) is 119 Å². The van der Waals surface area contributed by atoms with Crippen LogP contribution in [-0.2, 0) is 22.6 Å². The lowest BCUT2D eigenvalue weighted by Crippen LogP contribution is -2.44. The van der Waals surface area contributed by atoms with Crippen LogP contribution < -0.4 is 16.2 Å². The van der Waals surface area contributed by atoms with E-state index in [4.69, 9.17) is 4.74 Å². The average Bonchev–Trinajstić information content (AvgIpc) is 2.90. The van der Waals surface area contributed by atoms with Crippen molar-refractivity contribution < 1.29 is 19.1 Å². The van der Waals surface area contributed by atoms with Crippen LogP contribution in [0.15, 0.2) is 89.7 Å². The molecule has 0 fully saturated rings. The number of imide groups is 1. The number of hydrogen-bond acceptors (Lipinski definition) is 6. The largest absolute Gasteiger partial charge is 0.448 e. The first-order valence-electron chi connectivity index (χ1n) is 11.3. The molecule has 3 aromatic carbocycles. The molecular weight excluding hydrogens is 460 g/mol. The van der Waals surface area contributed by atoms with E-state index in [-0.39, 0.29) is 24.3 Å². The maximum Gasteiger partial charge on any atom is 0.360 e. The number of esters is 1. The second kappa shape index (κ2) is 11.1. The highest BCUT2D eigenvalue weighted by molar-refractivity contribution is 6.03. The van der Waals surface area contributed by atoms with Crippen molar-refractivity contribution in [1.82, 2.24) is 20.4 Å². The van der Waals surface area contributed by atoms with Crippen molar-refractivity contribution in [2.45, 2.75) is 26.1 Å². The molecule has 1 unspecified atom stereocenters. The first kappa shape index (κ1) is 24.3. The van der Waals surface area contributed by atoms with Crippen LogP contribution in [0.25, 0.3) is 10.8 Å². The first-order chi connectivity index (χ1) is 17.4. The monoisotopic (exact) mass is 484 g/mol. The van der Waals surface area contributed by atoms with Crippen LogP contribution in [0.5, 0.6) is 0 Å². The zero-order chi connectivity index (χ0) is 25.5. The van der Waals surface area contributed by atoms with Crippen LogP contribution in [0.2, 0.25) is 0 Å². The van der Waals surface area contributed by atoms with Crippen molar-refractivity contribution in [3.8, 4) is 0 Å². The second-order valence-corrected chi connectivity index (χ2v) is 8.05. The van der Waals surface area contributed by atoms with Gasteiger partial charge in [0.05, 0.1) is 11.9 Å². The minimum atomic E-state index is -1.28. The molecule has 182 valence electrons. The zero-order valence-electron chi connectivity index (χ0n) is 19.5. The number of carbonyl (C=O) groups is 3.